The van der Waals surface area contributed by atoms with Gasteiger partial charge in [-0.1, -0.05) is 0 Å². The molecule has 56 heavy (non-hydrogen) atoms. The van der Waals surface area contributed by atoms with Crippen LogP contribution in [-0.2, 0) is 136 Å². The van der Waals surface area contributed by atoms with E-state index in [9.17, 15) is 0 Å². The van der Waals surface area contributed by atoms with Crippen LogP contribution in [0.1, 0.15) is 11.4 Å². The summed E-state index contributed by atoms with van der Waals surface area (Å²) in [7, 11) is 0. The summed E-state index contributed by atoms with van der Waals surface area (Å²) in [5.41, 5.74) is 0. The van der Waals surface area contributed by atoms with E-state index in [2.05, 4.69) is 0 Å². The molecule has 36 nitrogen and oxygen atoms in total. The van der Waals surface area contributed by atoms with Gasteiger partial charge in [0.05, 0.1) is 0 Å². The van der Waals surface area contributed by atoms with Gasteiger partial charge in [-0.05, 0) is 0 Å². The monoisotopic (exact) mass is 1180 g/mol. The van der Waals surface area contributed by atoms with Crippen molar-refractivity contribution in [2.75, 3.05) is 0 Å². The predicted molar refractivity (Wildman–Crippen MR) is 170 cm³/mol. The van der Waals surface area contributed by atoms with Gasteiger partial charge in [0.2, 0.25) is 0 Å². The summed E-state index contributed by atoms with van der Waals surface area (Å²) < 4.78 is 274. The first-order valence-electron chi connectivity index (χ1n) is 6.38. The standard InChI is InChI=1S/8Na.12H2O3S.8H/c;;;;;;;;12*1-4(2)3;;;;;;;;/h;;;;;;;;12*(H2,1,2,3);;;;;;;;/q8*+1;;;;;;;;;;;;;8*-1. The minimum absolute atomic E-state index is 0. The minimum atomic E-state index is -2.61. The summed E-state index contributed by atoms with van der Waals surface area (Å²) in [6.45, 7) is 0. The van der Waals surface area contributed by atoms with Crippen LogP contribution in [0.25, 0.3) is 0 Å². The molecule has 0 aliphatic carbocycles. The topological polar surface area (TPSA) is 690 Å². The van der Waals surface area contributed by atoms with E-state index in [0.29, 0.717) is 0 Å². The number of hydrogen-bond donors (Lipinski definition) is 24. The Balaban J connectivity index is -0.00000000831. The van der Waals surface area contributed by atoms with Crippen LogP contribution in [0.3, 0.4) is 0 Å². The van der Waals surface area contributed by atoms with Crippen LogP contribution in [0.5, 0.6) is 0 Å². The van der Waals surface area contributed by atoms with Crippen LogP contribution in [0.2, 0.25) is 0 Å². The van der Waals surface area contributed by atoms with Crippen molar-refractivity contribution in [3.05, 3.63) is 0 Å². The van der Waals surface area contributed by atoms with E-state index in [4.69, 9.17) is 160 Å². The number of hydrogen-bond acceptors (Lipinski definition) is 12. The molecule has 0 aliphatic heterocycles. The average Bonchev–Trinajstić information content (AvgIpc) is 2.61. The van der Waals surface area contributed by atoms with Crippen molar-refractivity contribution < 1.29 is 408 Å². The van der Waals surface area contributed by atoms with E-state index in [1.807, 2.05) is 0 Å². The summed E-state index contributed by atoms with van der Waals surface area (Å²) in [6.07, 6.45) is 0. The van der Waals surface area contributed by atoms with Gasteiger partial charge >= 0.3 is 236 Å². The fourth-order valence-corrected chi connectivity index (χ4v) is 0. The fraction of sp³-hybridized carbons (Fsp3) is 0. The minimum Gasteiger partial charge on any atom is -1.00 e. The van der Waals surface area contributed by atoms with Crippen molar-refractivity contribution in [1.29, 1.82) is 0 Å². The van der Waals surface area contributed by atoms with Crippen molar-refractivity contribution >= 4 is 136 Å². The summed E-state index contributed by atoms with van der Waals surface area (Å²) >= 11 is -31.3. The molecule has 0 heterocycles. The van der Waals surface area contributed by atoms with E-state index < -0.39 is 136 Å². The first-order valence-corrected chi connectivity index (χ1v) is 19.1. The summed E-state index contributed by atoms with van der Waals surface area (Å²) in [5, 5.41) is 0. The largest absolute Gasteiger partial charge is 1.00 e. The van der Waals surface area contributed by atoms with Crippen molar-refractivity contribution in [3.8, 4) is 0 Å². The first-order chi connectivity index (χ1) is 20.8. The molecule has 0 aromatic carbocycles. The van der Waals surface area contributed by atoms with Crippen molar-refractivity contribution in [3.63, 3.8) is 0 Å². The van der Waals surface area contributed by atoms with Gasteiger partial charge in [0.25, 0.3) is 136 Å². The van der Waals surface area contributed by atoms with Gasteiger partial charge in [0.15, 0.2) is 0 Å². The van der Waals surface area contributed by atoms with Crippen molar-refractivity contribution in [2.45, 2.75) is 0 Å². The van der Waals surface area contributed by atoms with E-state index in [0.717, 1.165) is 0 Å². The van der Waals surface area contributed by atoms with Gasteiger partial charge in [0.1, 0.15) is 0 Å². The maximum absolute atomic E-state index is 8.67. The quantitative estimate of drug-likeness (QED) is 0.0791. The molecule has 0 amide bonds. The molecule has 0 saturated heterocycles. The van der Waals surface area contributed by atoms with Crippen LogP contribution in [0, 0.1) is 0 Å². The number of rotatable bonds is 0. The zero-order valence-electron chi connectivity index (χ0n) is 36.5. The van der Waals surface area contributed by atoms with Gasteiger partial charge in [0, 0.05) is 0 Å². The van der Waals surface area contributed by atoms with Crippen LogP contribution in [0.4, 0.5) is 0 Å². The Morgan fingerprint density at radius 2 is 0.143 bits per heavy atom. The Kier molecular flexibility index (Phi) is 294. The van der Waals surface area contributed by atoms with E-state index >= 15 is 0 Å². The first kappa shape index (κ1) is 131. The second-order valence-electron chi connectivity index (χ2n) is 2.77. The Morgan fingerprint density at radius 1 is 0.143 bits per heavy atom. The third kappa shape index (κ3) is 3080. The Hall–Kier alpha value is 8.84. The van der Waals surface area contributed by atoms with Crippen LogP contribution in [-0.4, -0.2) is 160 Å². The molecule has 0 rings (SSSR count). The van der Waals surface area contributed by atoms with Crippen LogP contribution < -0.4 is 236 Å². The smallest absolute Gasteiger partial charge is 1.00 e. The molecule has 0 bridgehead atoms. The van der Waals surface area contributed by atoms with Gasteiger partial charge in [-0.2, -0.15) is 50.5 Å². The van der Waals surface area contributed by atoms with Crippen molar-refractivity contribution in [1.82, 2.24) is 0 Å². The zero-order valence-corrected chi connectivity index (χ0v) is 54.3. The van der Waals surface area contributed by atoms with Crippen molar-refractivity contribution in [2.24, 2.45) is 0 Å². The zero-order chi connectivity index (χ0) is 42.9. The molecule has 0 unspecified atom stereocenters. The Labute approximate surface area is 533 Å². The fourth-order valence-electron chi connectivity index (χ4n) is 0. The summed E-state index contributed by atoms with van der Waals surface area (Å²) in [6, 6.07) is 0. The van der Waals surface area contributed by atoms with Gasteiger partial charge < -0.3 is 11.4 Å². The third-order valence-electron chi connectivity index (χ3n) is 0. The van der Waals surface area contributed by atoms with Crippen LogP contribution in [0.15, 0.2) is 0 Å². The Morgan fingerprint density at radius 3 is 0.143 bits per heavy atom. The average molecular weight is 1180 g/mol. The molecule has 0 atom stereocenters. The molecule has 0 fully saturated rings. The molecular formula is H32Na8O36S12. The Bertz CT molecular complexity index is 641. The second kappa shape index (κ2) is 125. The summed E-state index contributed by atoms with van der Waals surface area (Å²) in [4.78, 5) is 0. The van der Waals surface area contributed by atoms with E-state index in [-0.39, 0.29) is 248 Å². The molecule has 0 spiro atoms. The SMILES string of the molecule is O=S(O)O.O=S(O)O.O=S(O)O.O=S(O)O.O=S(O)O.O=S(O)O.O=S(O)O.O=S(O)O.O=S(O)O.O=S(O)O.O=S(O)O.O=S(O)O.[H-].[H-].[H-].[H-].[H-].[H-].[H-].[H-].[Na+].[Na+].[Na+].[Na+].[Na+].[Na+].[Na+].[Na+]. The van der Waals surface area contributed by atoms with Gasteiger partial charge in [-0.25, -0.2) is 0 Å². The molecule has 0 aliphatic rings. The van der Waals surface area contributed by atoms with E-state index in [1.54, 1.807) is 0 Å². The van der Waals surface area contributed by atoms with Gasteiger partial charge in [-0.3, -0.25) is 109 Å². The van der Waals surface area contributed by atoms with Gasteiger partial charge in [-0.15, -0.1) is 0 Å². The van der Waals surface area contributed by atoms with Crippen LogP contribution >= 0.6 is 0 Å². The molecular weight excluding hydrogens is 1140 g/mol. The molecule has 56 heteroatoms. The molecule has 0 saturated carbocycles. The maximum atomic E-state index is 8.67. The second-order valence-corrected chi connectivity index (χ2v) is 8.31. The van der Waals surface area contributed by atoms with E-state index in [1.165, 1.54) is 0 Å². The predicted octanol–water partition coefficient (Wildman–Crippen LogP) is -26.9. The molecule has 0 radical (unpaired) electrons. The molecule has 328 valence electrons. The third-order valence-corrected chi connectivity index (χ3v) is 0. The molecule has 24 N–H and O–H groups in total. The maximum Gasteiger partial charge on any atom is 1.00 e. The molecule has 0 aromatic rings. The summed E-state index contributed by atoms with van der Waals surface area (Å²) in [5.74, 6) is 0. The normalized spacial score (nSPS) is 7.50. The molecule has 0 aromatic heterocycles.